The monoisotopic (exact) mass is 365 g/mol. The van der Waals surface area contributed by atoms with E-state index in [0.717, 1.165) is 22.6 Å². The van der Waals surface area contributed by atoms with Crippen LogP contribution >= 0.6 is 0 Å². The molecule has 0 aromatic heterocycles. The molecule has 1 saturated heterocycles. The van der Waals surface area contributed by atoms with E-state index in [-0.39, 0.29) is 31.0 Å². The first kappa shape index (κ1) is 17.1. The zero-order valence-electron chi connectivity index (χ0n) is 14.6. The predicted molar refractivity (Wildman–Crippen MR) is 97.3 cm³/mol. The van der Waals surface area contributed by atoms with Crippen LogP contribution < -0.4 is 15.4 Å². The van der Waals surface area contributed by atoms with Crippen molar-refractivity contribution in [1.29, 1.82) is 0 Å². The summed E-state index contributed by atoms with van der Waals surface area (Å²) in [4.78, 5) is 37.3. The van der Waals surface area contributed by atoms with E-state index in [1.54, 1.807) is 24.3 Å². The first-order valence-electron chi connectivity index (χ1n) is 8.80. The van der Waals surface area contributed by atoms with Gasteiger partial charge in [0, 0.05) is 12.0 Å². The maximum Gasteiger partial charge on any atom is 0.324 e. The van der Waals surface area contributed by atoms with Crippen molar-refractivity contribution in [2.45, 2.75) is 19.1 Å². The molecule has 0 spiro atoms. The summed E-state index contributed by atoms with van der Waals surface area (Å²) >= 11 is 0. The number of hydrogen-bond donors (Lipinski definition) is 2. The highest BCUT2D eigenvalue weighted by Gasteiger charge is 2.29. The second-order valence-corrected chi connectivity index (χ2v) is 6.56. The highest BCUT2D eigenvalue weighted by molar-refractivity contribution is 6.02. The number of benzene rings is 2. The van der Waals surface area contributed by atoms with Crippen molar-refractivity contribution < 1.29 is 19.1 Å². The number of amides is 4. The molecule has 7 heteroatoms. The third kappa shape index (κ3) is 3.48. The average molecular weight is 365 g/mol. The van der Waals surface area contributed by atoms with Crippen LogP contribution in [0, 0.1) is 0 Å². The Morgan fingerprint density at radius 3 is 2.70 bits per heavy atom. The van der Waals surface area contributed by atoms with Crippen molar-refractivity contribution in [3.05, 3.63) is 65.2 Å². The van der Waals surface area contributed by atoms with Gasteiger partial charge in [-0.05, 0) is 23.3 Å². The number of hydrogen-bond acceptors (Lipinski definition) is 4. The van der Waals surface area contributed by atoms with Crippen molar-refractivity contribution in [2.75, 3.05) is 13.1 Å². The van der Waals surface area contributed by atoms with Crippen LogP contribution in [0.5, 0.6) is 5.75 Å². The number of carbonyl (C=O) groups is 3. The minimum absolute atomic E-state index is 0.00717. The number of imide groups is 1. The molecule has 0 radical (unpaired) electrons. The maximum atomic E-state index is 12.7. The van der Waals surface area contributed by atoms with Crippen LogP contribution in [0.4, 0.5) is 4.79 Å². The molecule has 2 aliphatic rings. The number of carbonyl (C=O) groups excluding carboxylic acids is 3. The van der Waals surface area contributed by atoms with Crippen LogP contribution in [0.1, 0.15) is 21.5 Å². The molecule has 2 aliphatic heterocycles. The predicted octanol–water partition coefficient (Wildman–Crippen LogP) is 1.47. The Hall–Kier alpha value is -3.35. The van der Waals surface area contributed by atoms with Gasteiger partial charge in [0.25, 0.3) is 5.91 Å². The first-order valence-corrected chi connectivity index (χ1v) is 8.80. The lowest BCUT2D eigenvalue weighted by atomic mass is 10.1. The molecule has 7 nitrogen and oxygen atoms in total. The van der Waals surface area contributed by atoms with Crippen LogP contribution in [-0.2, 0) is 17.8 Å². The standard InChI is InChI=1S/C20H19N3O4/c24-18-11-22-20(26)23(18)12-14-6-1-3-7-16(14)19(25)21-10-15-9-13-5-2-4-8-17(13)27-15/h1-8,15H,9-12H2,(H,21,25)(H,22,26)/t15-/m1/s1. The lowest BCUT2D eigenvalue weighted by Crippen LogP contribution is -2.36. The summed E-state index contributed by atoms with van der Waals surface area (Å²) in [6, 6.07) is 14.4. The molecule has 1 atom stereocenters. The lowest BCUT2D eigenvalue weighted by molar-refractivity contribution is -0.125. The summed E-state index contributed by atoms with van der Waals surface area (Å²) < 4.78 is 5.84. The molecule has 138 valence electrons. The summed E-state index contributed by atoms with van der Waals surface area (Å²) in [5.41, 5.74) is 2.20. The Labute approximate surface area is 156 Å². The summed E-state index contributed by atoms with van der Waals surface area (Å²) in [5.74, 6) is 0.306. The molecule has 0 bridgehead atoms. The van der Waals surface area contributed by atoms with E-state index in [0.29, 0.717) is 17.7 Å². The molecule has 0 unspecified atom stereocenters. The Bertz CT molecular complexity index is 871. The molecule has 2 heterocycles. The maximum absolute atomic E-state index is 12.7. The van der Waals surface area contributed by atoms with Crippen molar-refractivity contribution in [3.8, 4) is 5.75 Å². The molecule has 2 N–H and O–H groups in total. The largest absolute Gasteiger partial charge is 0.488 e. The van der Waals surface area contributed by atoms with Gasteiger partial charge in [0.15, 0.2) is 0 Å². The van der Waals surface area contributed by atoms with Gasteiger partial charge < -0.3 is 15.4 Å². The van der Waals surface area contributed by atoms with Crippen LogP contribution in [0.15, 0.2) is 48.5 Å². The van der Waals surface area contributed by atoms with Crippen molar-refractivity contribution in [1.82, 2.24) is 15.5 Å². The quantitative estimate of drug-likeness (QED) is 0.786. The van der Waals surface area contributed by atoms with E-state index in [4.69, 9.17) is 4.74 Å². The van der Waals surface area contributed by atoms with E-state index in [9.17, 15) is 14.4 Å². The molecule has 4 amide bonds. The summed E-state index contributed by atoms with van der Waals surface area (Å²) in [6.45, 7) is 0.442. The number of fused-ring (bicyclic) bond motifs is 1. The van der Waals surface area contributed by atoms with E-state index in [2.05, 4.69) is 10.6 Å². The van der Waals surface area contributed by atoms with E-state index < -0.39 is 6.03 Å². The number of ether oxygens (including phenoxy) is 1. The average Bonchev–Trinajstić information content (AvgIpc) is 3.24. The Balaban J connectivity index is 1.41. The first-order chi connectivity index (χ1) is 13.1. The fourth-order valence-corrected chi connectivity index (χ4v) is 3.33. The molecule has 4 rings (SSSR count). The smallest absolute Gasteiger partial charge is 0.324 e. The molecule has 1 fully saturated rings. The highest BCUT2D eigenvalue weighted by atomic mass is 16.5. The van der Waals surface area contributed by atoms with Crippen LogP contribution in [0.3, 0.4) is 0 Å². The van der Waals surface area contributed by atoms with Crippen LogP contribution in [0.2, 0.25) is 0 Å². The fourth-order valence-electron chi connectivity index (χ4n) is 3.33. The number of para-hydroxylation sites is 1. The second kappa shape index (κ2) is 7.11. The van der Waals surface area contributed by atoms with E-state index >= 15 is 0 Å². The van der Waals surface area contributed by atoms with Gasteiger partial charge in [-0.2, -0.15) is 0 Å². The summed E-state index contributed by atoms with van der Waals surface area (Å²) in [7, 11) is 0. The molecule has 27 heavy (non-hydrogen) atoms. The topological polar surface area (TPSA) is 87.7 Å². The van der Waals surface area contributed by atoms with Crippen molar-refractivity contribution >= 4 is 17.8 Å². The Morgan fingerprint density at radius 2 is 1.93 bits per heavy atom. The lowest BCUT2D eigenvalue weighted by Gasteiger charge is -2.16. The Morgan fingerprint density at radius 1 is 1.15 bits per heavy atom. The second-order valence-electron chi connectivity index (χ2n) is 6.56. The zero-order chi connectivity index (χ0) is 18.8. The van der Waals surface area contributed by atoms with Crippen LogP contribution in [0.25, 0.3) is 0 Å². The normalized spacial score (nSPS) is 18.1. The molecular weight excluding hydrogens is 346 g/mol. The van der Waals surface area contributed by atoms with Gasteiger partial charge >= 0.3 is 6.03 Å². The summed E-state index contributed by atoms with van der Waals surface area (Å²) in [6.07, 6.45) is 0.644. The van der Waals surface area contributed by atoms with Gasteiger partial charge in [-0.15, -0.1) is 0 Å². The molecule has 0 aliphatic carbocycles. The van der Waals surface area contributed by atoms with Gasteiger partial charge in [0.05, 0.1) is 19.6 Å². The Kier molecular flexibility index (Phi) is 4.50. The zero-order valence-corrected chi connectivity index (χ0v) is 14.6. The molecule has 2 aromatic rings. The van der Waals surface area contributed by atoms with E-state index in [1.807, 2.05) is 24.3 Å². The number of nitrogens with one attached hydrogen (secondary N) is 2. The fraction of sp³-hybridized carbons (Fsp3) is 0.250. The van der Waals surface area contributed by atoms with Gasteiger partial charge in [0.2, 0.25) is 5.91 Å². The SMILES string of the molecule is O=C(NC[C@H]1Cc2ccccc2O1)c1ccccc1CN1C(=O)CNC1=O. The molecular formula is C20H19N3O4. The van der Waals surface area contributed by atoms with Gasteiger partial charge in [-0.25, -0.2) is 4.79 Å². The number of rotatable bonds is 5. The summed E-state index contributed by atoms with van der Waals surface area (Å²) in [5, 5.41) is 5.38. The highest BCUT2D eigenvalue weighted by Crippen LogP contribution is 2.27. The van der Waals surface area contributed by atoms with Crippen molar-refractivity contribution in [3.63, 3.8) is 0 Å². The molecule has 2 aromatic carbocycles. The van der Waals surface area contributed by atoms with E-state index in [1.165, 1.54) is 0 Å². The van der Waals surface area contributed by atoms with Crippen molar-refractivity contribution in [2.24, 2.45) is 0 Å². The van der Waals surface area contributed by atoms with Crippen LogP contribution in [-0.4, -0.2) is 41.9 Å². The number of nitrogens with zero attached hydrogens (tertiary/aromatic N) is 1. The minimum atomic E-state index is -0.438. The van der Waals surface area contributed by atoms with Gasteiger partial charge in [-0.3, -0.25) is 14.5 Å². The molecule has 0 saturated carbocycles. The third-order valence-corrected chi connectivity index (χ3v) is 4.73. The minimum Gasteiger partial charge on any atom is -0.488 e. The number of urea groups is 1. The van der Waals surface area contributed by atoms with Gasteiger partial charge in [0.1, 0.15) is 11.9 Å². The third-order valence-electron chi connectivity index (χ3n) is 4.73. The van der Waals surface area contributed by atoms with Gasteiger partial charge in [-0.1, -0.05) is 36.4 Å².